The third-order valence-electron chi connectivity index (χ3n) is 8.83. The zero-order chi connectivity index (χ0) is 31.3. The molecule has 0 bridgehead atoms. The molecule has 3 aliphatic rings. The van der Waals surface area contributed by atoms with E-state index in [0.29, 0.717) is 22.6 Å². The summed E-state index contributed by atoms with van der Waals surface area (Å²) in [5.74, 6) is -0.694. The van der Waals surface area contributed by atoms with Crippen molar-refractivity contribution >= 4 is 34.9 Å². The minimum absolute atomic E-state index is 0.00180. The van der Waals surface area contributed by atoms with E-state index < -0.39 is 23.7 Å². The number of nitrogens with two attached hydrogens (primary N) is 1. The normalized spacial score (nSPS) is 17.4. The number of fused-ring (bicyclic) bond motifs is 1. The van der Waals surface area contributed by atoms with E-state index in [9.17, 15) is 18.8 Å². The highest BCUT2D eigenvalue weighted by Crippen LogP contribution is 2.35. The molecule has 1 aromatic heterocycles. The van der Waals surface area contributed by atoms with Crippen molar-refractivity contribution in [2.45, 2.75) is 88.9 Å². The zero-order valence-electron chi connectivity index (χ0n) is 25.1. The SMILES string of the molecule is Nc1c(C(=O)NC2CCCCC2)nsc1C(=O)N(Cc1ccc2c(c1)OCO2)[C@H](C(=O)NC1CCCCC1)c1ccc(F)cc1. The third kappa shape index (κ3) is 7.06. The van der Waals surface area contributed by atoms with Gasteiger partial charge in [0.25, 0.3) is 11.8 Å². The Labute approximate surface area is 265 Å². The average Bonchev–Trinajstić information content (AvgIpc) is 3.68. The van der Waals surface area contributed by atoms with E-state index in [2.05, 4.69) is 15.0 Å². The van der Waals surface area contributed by atoms with Gasteiger partial charge in [-0.25, -0.2) is 4.39 Å². The highest BCUT2D eigenvalue weighted by molar-refractivity contribution is 7.09. The minimum atomic E-state index is -1.12. The summed E-state index contributed by atoms with van der Waals surface area (Å²) >= 11 is 0.833. The lowest BCUT2D eigenvalue weighted by molar-refractivity contribution is -0.127. The molecule has 6 rings (SSSR count). The van der Waals surface area contributed by atoms with Gasteiger partial charge in [-0.2, -0.15) is 4.37 Å². The Balaban J connectivity index is 1.35. The number of halogens is 1. The van der Waals surface area contributed by atoms with Crippen LogP contribution in [0.5, 0.6) is 11.5 Å². The highest BCUT2D eigenvalue weighted by atomic mass is 32.1. The van der Waals surface area contributed by atoms with E-state index >= 15 is 0 Å². The summed E-state index contributed by atoms with van der Waals surface area (Å²) in [5.41, 5.74) is 7.55. The average molecular weight is 636 g/mol. The zero-order valence-corrected chi connectivity index (χ0v) is 25.9. The quantitative estimate of drug-likeness (QED) is 0.283. The van der Waals surface area contributed by atoms with Crippen LogP contribution in [0.1, 0.15) is 102 Å². The summed E-state index contributed by atoms with van der Waals surface area (Å²) in [4.78, 5) is 43.2. The number of nitrogens with one attached hydrogen (secondary N) is 2. The maximum absolute atomic E-state index is 14.5. The molecular weight excluding hydrogens is 597 g/mol. The molecule has 0 radical (unpaired) electrons. The van der Waals surface area contributed by atoms with Gasteiger partial charge in [0.15, 0.2) is 17.2 Å². The topological polar surface area (TPSA) is 136 Å². The number of ether oxygens (including phenoxy) is 2. The molecule has 1 atom stereocenters. The van der Waals surface area contributed by atoms with Crippen molar-refractivity contribution < 1.29 is 28.2 Å². The summed E-state index contributed by atoms with van der Waals surface area (Å²) in [6.07, 6.45) is 9.84. The first-order valence-electron chi connectivity index (χ1n) is 15.7. The van der Waals surface area contributed by atoms with E-state index in [1.165, 1.54) is 29.2 Å². The van der Waals surface area contributed by atoms with Crippen LogP contribution in [-0.2, 0) is 11.3 Å². The number of amides is 3. The van der Waals surface area contributed by atoms with Crippen molar-refractivity contribution in [2.75, 3.05) is 12.5 Å². The van der Waals surface area contributed by atoms with Gasteiger partial charge >= 0.3 is 0 Å². The number of carbonyl (C=O) groups excluding carboxylic acids is 3. The van der Waals surface area contributed by atoms with E-state index in [0.717, 1.165) is 75.7 Å². The van der Waals surface area contributed by atoms with Crippen LogP contribution < -0.4 is 25.8 Å². The molecule has 0 unspecified atom stereocenters. The first-order valence-corrected chi connectivity index (χ1v) is 16.5. The van der Waals surface area contributed by atoms with Crippen LogP contribution in [0.25, 0.3) is 0 Å². The largest absolute Gasteiger partial charge is 0.454 e. The minimum Gasteiger partial charge on any atom is -0.454 e. The van der Waals surface area contributed by atoms with Crippen LogP contribution >= 0.6 is 11.5 Å². The first-order chi connectivity index (χ1) is 21.9. The van der Waals surface area contributed by atoms with Crippen molar-refractivity contribution in [3.8, 4) is 11.5 Å². The van der Waals surface area contributed by atoms with Gasteiger partial charge in [-0.15, -0.1) is 0 Å². The molecule has 2 heterocycles. The molecule has 0 spiro atoms. The Bertz CT molecular complexity index is 1530. The molecule has 2 aromatic carbocycles. The maximum Gasteiger partial charge on any atom is 0.273 e. The first kappa shape index (κ1) is 30.8. The fourth-order valence-electron chi connectivity index (χ4n) is 6.41. The summed E-state index contributed by atoms with van der Waals surface area (Å²) in [5, 5.41) is 6.16. The number of rotatable bonds is 9. The Morgan fingerprint density at radius 3 is 2.24 bits per heavy atom. The number of nitrogens with zero attached hydrogens (tertiary/aromatic N) is 2. The fourth-order valence-corrected chi connectivity index (χ4v) is 7.16. The monoisotopic (exact) mass is 635 g/mol. The molecule has 12 heteroatoms. The van der Waals surface area contributed by atoms with E-state index in [-0.39, 0.29) is 47.6 Å². The molecule has 2 fully saturated rings. The second kappa shape index (κ2) is 13.8. The van der Waals surface area contributed by atoms with Crippen molar-refractivity contribution in [3.05, 3.63) is 70.0 Å². The van der Waals surface area contributed by atoms with Crippen molar-refractivity contribution in [1.82, 2.24) is 19.9 Å². The standard InChI is InChI=1S/C33H38FN5O5S/c34-22-14-12-21(13-15-22)29(32(41)37-24-9-5-2-6-10-24)39(18-20-11-16-25-26(17-20)44-19-43-25)33(42)30-27(35)28(38-45-30)31(40)36-23-7-3-1-4-8-23/h11-17,23-24,29H,1-10,18-19,35H2,(H,36,40)(H,37,41)/t29-/m0/s1. The molecule has 10 nitrogen and oxygen atoms in total. The molecule has 4 N–H and O–H groups in total. The molecule has 45 heavy (non-hydrogen) atoms. The fraction of sp³-hybridized carbons (Fsp3) is 0.455. The lowest BCUT2D eigenvalue weighted by Gasteiger charge is -2.33. The molecule has 238 valence electrons. The van der Waals surface area contributed by atoms with E-state index in [1.807, 2.05) is 0 Å². The van der Waals surface area contributed by atoms with Crippen LogP contribution in [0.15, 0.2) is 42.5 Å². The number of carbonyl (C=O) groups is 3. The number of nitrogen functional groups attached to an aromatic ring is 1. The number of hydrogen-bond donors (Lipinski definition) is 3. The van der Waals surface area contributed by atoms with Gasteiger partial charge < -0.3 is 30.7 Å². The summed E-state index contributed by atoms with van der Waals surface area (Å²) in [6, 6.07) is 9.79. The molecule has 3 aromatic rings. The lowest BCUT2D eigenvalue weighted by atomic mass is 9.94. The second-order valence-electron chi connectivity index (χ2n) is 12.0. The Hall–Kier alpha value is -4.19. The van der Waals surface area contributed by atoms with Crippen LogP contribution in [-0.4, -0.2) is 45.9 Å². The third-order valence-corrected chi connectivity index (χ3v) is 9.68. The van der Waals surface area contributed by atoms with Crippen molar-refractivity contribution in [3.63, 3.8) is 0 Å². The summed E-state index contributed by atoms with van der Waals surface area (Å²) in [7, 11) is 0. The lowest BCUT2D eigenvalue weighted by Crippen LogP contribution is -2.46. The Kier molecular flexibility index (Phi) is 9.48. The van der Waals surface area contributed by atoms with Gasteiger partial charge in [-0.05, 0) is 72.6 Å². The predicted octanol–water partition coefficient (Wildman–Crippen LogP) is 5.49. The van der Waals surface area contributed by atoms with Gasteiger partial charge in [0.05, 0.1) is 5.69 Å². The van der Waals surface area contributed by atoms with Crippen LogP contribution in [0.3, 0.4) is 0 Å². The van der Waals surface area contributed by atoms with Crippen molar-refractivity contribution in [2.24, 2.45) is 0 Å². The van der Waals surface area contributed by atoms with E-state index in [1.54, 1.807) is 18.2 Å². The van der Waals surface area contributed by atoms with Gasteiger partial charge in [0.2, 0.25) is 12.7 Å². The number of hydrogen-bond acceptors (Lipinski definition) is 8. The summed E-state index contributed by atoms with van der Waals surface area (Å²) in [6.45, 7) is 0.0864. The Morgan fingerprint density at radius 2 is 1.56 bits per heavy atom. The van der Waals surface area contributed by atoms with Crippen molar-refractivity contribution in [1.29, 1.82) is 0 Å². The van der Waals surface area contributed by atoms with Crippen LogP contribution in [0, 0.1) is 5.82 Å². The van der Waals surface area contributed by atoms with Crippen LogP contribution in [0.2, 0.25) is 0 Å². The predicted molar refractivity (Wildman–Crippen MR) is 167 cm³/mol. The molecule has 1 aliphatic heterocycles. The number of anilines is 1. The molecule has 3 amide bonds. The van der Waals surface area contributed by atoms with Gasteiger partial charge in [0.1, 0.15) is 16.7 Å². The number of aromatic nitrogens is 1. The smallest absolute Gasteiger partial charge is 0.273 e. The summed E-state index contributed by atoms with van der Waals surface area (Å²) < 4.78 is 29.4. The second-order valence-corrected chi connectivity index (χ2v) is 12.8. The van der Waals surface area contributed by atoms with Gasteiger partial charge in [0, 0.05) is 18.6 Å². The van der Waals surface area contributed by atoms with Crippen LogP contribution in [0.4, 0.5) is 10.1 Å². The highest BCUT2D eigenvalue weighted by Gasteiger charge is 2.36. The van der Waals surface area contributed by atoms with Gasteiger partial charge in [-0.3, -0.25) is 14.4 Å². The molecule has 2 saturated carbocycles. The molecule has 2 aliphatic carbocycles. The van der Waals surface area contributed by atoms with Gasteiger partial charge in [-0.1, -0.05) is 56.7 Å². The Morgan fingerprint density at radius 1 is 0.911 bits per heavy atom. The van der Waals surface area contributed by atoms with E-state index in [4.69, 9.17) is 15.2 Å². The maximum atomic E-state index is 14.5. The molecular formula is C33H38FN5O5S. The number of benzene rings is 2. The molecule has 0 saturated heterocycles.